The maximum absolute atomic E-state index is 5.48. The van der Waals surface area contributed by atoms with Crippen LogP contribution in [-0.4, -0.2) is 18.8 Å². The summed E-state index contributed by atoms with van der Waals surface area (Å²) in [5, 5.41) is 7.23. The van der Waals surface area contributed by atoms with Gasteiger partial charge >= 0.3 is 0 Å². The van der Waals surface area contributed by atoms with Gasteiger partial charge in [-0.2, -0.15) is 5.10 Å². The molecule has 16 heavy (non-hydrogen) atoms. The average Bonchev–Trinajstić information content (AvgIpc) is 2.26. The van der Waals surface area contributed by atoms with Crippen LogP contribution in [0.5, 0.6) is 5.75 Å². The van der Waals surface area contributed by atoms with Crippen LogP contribution in [0.4, 0.5) is 0 Å². The fourth-order valence-electron chi connectivity index (χ4n) is 1.07. The van der Waals surface area contributed by atoms with Crippen LogP contribution in [0.15, 0.2) is 34.5 Å². The highest BCUT2D eigenvalue weighted by Gasteiger charge is 1.93. The Hall–Kier alpha value is -2.04. The lowest BCUT2D eigenvalue weighted by atomic mass is 10.2. The molecule has 0 saturated carbocycles. The van der Waals surface area contributed by atoms with Crippen LogP contribution in [0.3, 0.4) is 0 Å². The molecule has 1 aromatic rings. The van der Waals surface area contributed by atoms with E-state index in [9.17, 15) is 0 Å². The van der Waals surface area contributed by atoms with Crippen LogP contribution in [-0.2, 0) is 0 Å². The molecule has 0 radical (unpaired) electrons. The minimum Gasteiger partial charge on any atom is -0.494 e. The van der Waals surface area contributed by atoms with Crippen LogP contribution in [0.2, 0.25) is 0 Å². The zero-order chi connectivity index (χ0) is 11.8. The fraction of sp³-hybridized carbons (Fsp3) is 0.273. The summed E-state index contributed by atoms with van der Waals surface area (Å²) in [5.74, 6) is 0.755. The zero-order valence-corrected chi connectivity index (χ0v) is 9.26. The summed E-state index contributed by atoms with van der Waals surface area (Å²) in [6.07, 6.45) is 2.55. The van der Waals surface area contributed by atoms with Crippen molar-refractivity contribution >= 4 is 12.2 Å². The van der Waals surface area contributed by atoms with Crippen molar-refractivity contribution in [3.05, 3.63) is 29.8 Å². The number of guanidine groups is 1. The van der Waals surface area contributed by atoms with E-state index in [0.717, 1.165) is 17.7 Å². The molecule has 0 aromatic heterocycles. The summed E-state index contributed by atoms with van der Waals surface area (Å²) in [5.41, 5.74) is 11.2. The van der Waals surface area contributed by atoms with Crippen molar-refractivity contribution in [1.29, 1.82) is 0 Å². The van der Waals surface area contributed by atoms with Crippen molar-refractivity contribution < 1.29 is 4.74 Å². The van der Waals surface area contributed by atoms with E-state index in [2.05, 4.69) is 17.1 Å². The molecule has 4 N–H and O–H groups in total. The van der Waals surface area contributed by atoms with E-state index in [-0.39, 0.29) is 5.96 Å². The van der Waals surface area contributed by atoms with Crippen molar-refractivity contribution in [3.8, 4) is 5.75 Å². The van der Waals surface area contributed by atoms with E-state index in [1.54, 1.807) is 6.21 Å². The van der Waals surface area contributed by atoms with Gasteiger partial charge < -0.3 is 16.2 Å². The Balaban J connectivity index is 2.67. The van der Waals surface area contributed by atoms with Gasteiger partial charge in [0.05, 0.1) is 12.8 Å². The second-order valence-corrected chi connectivity index (χ2v) is 3.19. The third kappa shape index (κ3) is 4.45. The molecule has 0 aliphatic rings. The van der Waals surface area contributed by atoms with E-state index in [4.69, 9.17) is 16.2 Å². The molecule has 0 aliphatic carbocycles. The SMILES string of the molecule is CCCOc1cccc(/C=N\N=C(N)N)c1. The lowest BCUT2D eigenvalue weighted by Crippen LogP contribution is -2.21. The molecule has 0 heterocycles. The van der Waals surface area contributed by atoms with Gasteiger partial charge in [-0.1, -0.05) is 19.1 Å². The summed E-state index contributed by atoms with van der Waals surface area (Å²) in [6.45, 7) is 2.76. The monoisotopic (exact) mass is 220 g/mol. The second-order valence-electron chi connectivity index (χ2n) is 3.19. The third-order valence-electron chi connectivity index (χ3n) is 1.71. The van der Waals surface area contributed by atoms with Gasteiger partial charge in [-0.15, -0.1) is 5.10 Å². The Morgan fingerprint density at radius 1 is 1.44 bits per heavy atom. The summed E-state index contributed by atoms with van der Waals surface area (Å²) in [4.78, 5) is 0. The molecule has 1 aromatic carbocycles. The molecule has 5 heteroatoms. The Bertz CT molecular complexity index is 383. The van der Waals surface area contributed by atoms with E-state index >= 15 is 0 Å². The lowest BCUT2D eigenvalue weighted by Gasteiger charge is -2.04. The first-order valence-corrected chi connectivity index (χ1v) is 5.07. The predicted molar refractivity (Wildman–Crippen MR) is 65.6 cm³/mol. The minimum absolute atomic E-state index is 0.0605. The third-order valence-corrected chi connectivity index (χ3v) is 1.71. The maximum atomic E-state index is 5.48. The highest BCUT2D eigenvalue weighted by molar-refractivity contribution is 5.81. The summed E-state index contributed by atoms with van der Waals surface area (Å²) in [6, 6.07) is 7.56. The van der Waals surface area contributed by atoms with Crippen molar-refractivity contribution in [1.82, 2.24) is 0 Å². The van der Waals surface area contributed by atoms with Crippen LogP contribution < -0.4 is 16.2 Å². The number of hydrogen-bond acceptors (Lipinski definition) is 3. The Morgan fingerprint density at radius 3 is 2.94 bits per heavy atom. The molecule has 0 aliphatic heterocycles. The average molecular weight is 220 g/mol. The van der Waals surface area contributed by atoms with E-state index in [1.165, 1.54) is 0 Å². The molecule has 5 nitrogen and oxygen atoms in total. The van der Waals surface area contributed by atoms with Gasteiger partial charge in [0.2, 0.25) is 5.96 Å². The van der Waals surface area contributed by atoms with Crippen molar-refractivity contribution in [3.63, 3.8) is 0 Å². The number of hydrogen-bond donors (Lipinski definition) is 2. The molecular formula is C11H16N4O. The largest absolute Gasteiger partial charge is 0.494 e. The van der Waals surface area contributed by atoms with Gasteiger partial charge in [0.1, 0.15) is 5.75 Å². The number of ether oxygens (including phenoxy) is 1. The maximum Gasteiger partial charge on any atom is 0.211 e. The molecule has 0 unspecified atom stereocenters. The summed E-state index contributed by atoms with van der Waals surface area (Å²) >= 11 is 0. The Morgan fingerprint density at radius 2 is 2.25 bits per heavy atom. The Kier molecular flexibility index (Phi) is 4.85. The normalized spacial score (nSPS) is 10.3. The summed E-state index contributed by atoms with van der Waals surface area (Å²) < 4.78 is 5.48. The van der Waals surface area contributed by atoms with Gasteiger partial charge in [0, 0.05) is 0 Å². The fourth-order valence-corrected chi connectivity index (χ4v) is 1.07. The second kappa shape index (κ2) is 6.44. The van der Waals surface area contributed by atoms with Crippen molar-refractivity contribution in [2.24, 2.45) is 21.7 Å². The number of benzene rings is 1. The topological polar surface area (TPSA) is 86.0 Å². The van der Waals surface area contributed by atoms with Gasteiger partial charge in [-0.05, 0) is 24.1 Å². The Labute approximate surface area is 94.8 Å². The molecule has 1 rings (SSSR count). The first-order valence-electron chi connectivity index (χ1n) is 5.07. The molecular weight excluding hydrogens is 204 g/mol. The van der Waals surface area contributed by atoms with Crippen molar-refractivity contribution in [2.75, 3.05) is 6.61 Å². The molecule has 0 bridgehead atoms. The summed E-state index contributed by atoms with van der Waals surface area (Å²) in [7, 11) is 0. The number of rotatable bonds is 5. The molecule has 0 fully saturated rings. The molecule has 0 amide bonds. The van der Waals surface area contributed by atoms with E-state index in [0.29, 0.717) is 6.61 Å². The first-order chi connectivity index (χ1) is 7.72. The van der Waals surface area contributed by atoms with E-state index < -0.39 is 0 Å². The van der Waals surface area contributed by atoms with Crippen molar-refractivity contribution in [2.45, 2.75) is 13.3 Å². The predicted octanol–water partition coefficient (Wildman–Crippen LogP) is 1.08. The van der Waals surface area contributed by atoms with Crippen LogP contribution in [0.25, 0.3) is 0 Å². The van der Waals surface area contributed by atoms with E-state index in [1.807, 2.05) is 24.3 Å². The smallest absolute Gasteiger partial charge is 0.211 e. The number of nitrogens with two attached hydrogens (primary N) is 2. The van der Waals surface area contributed by atoms with Crippen LogP contribution in [0, 0.1) is 0 Å². The van der Waals surface area contributed by atoms with Gasteiger partial charge in [0.15, 0.2) is 0 Å². The molecule has 0 atom stereocenters. The lowest BCUT2D eigenvalue weighted by molar-refractivity contribution is 0.317. The quantitative estimate of drug-likeness (QED) is 0.442. The van der Waals surface area contributed by atoms with Gasteiger partial charge in [0.25, 0.3) is 0 Å². The number of nitrogens with zero attached hydrogens (tertiary/aromatic N) is 2. The standard InChI is InChI=1S/C11H16N4O/c1-2-6-16-10-5-3-4-9(7-10)8-14-15-11(12)13/h3-5,7-8H,2,6H2,1H3,(H4,12,13,15)/b14-8-. The van der Waals surface area contributed by atoms with Crippen LogP contribution >= 0.6 is 0 Å². The molecule has 86 valence electrons. The highest BCUT2D eigenvalue weighted by Crippen LogP contribution is 2.12. The molecule has 0 saturated heterocycles. The van der Waals surface area contributed by atoms with Gasteiger partial charge in [-0.3, -0.25) is 0 Å². The zero-order valence-electron chi connectivity index (χ0n) is 9.26. The minimum atomic E-state index is -0.0605. The van der Waals surface area contributed by atoms with Crippen LogP contribution in [0.1, 0.15) is 18.9 Å². The molecule has 0 spiro atoms. The van der Waals surface area contributed by atoms with Gasteiger partial charge in [-0.25, -0.2) is 0 Å². The first kappa shape index (κ1) is 12.0. The highest BCUT2D eigenvalue weighted by atomic mass is 16.5.